The molecule has 3 N–H and O–H groups in total. The van der Waals surface area contributed by atoms with Gasteiger partial charge in [-0.3, -0.25) is 5.43 Å². The predicted molar refractivity (Wildman–Crippen MR) is 63.3 cm³/mol. The molecule has 5 nitrogen and oxygen atoms in total. The standard InChI is InChI=1S/C11H21F3N2O3/c1-5-6-7(8(17)11(12,13)14)15-16-9(18)19-10(2,3)4/h7-8,15,17H,5-6H2,1-4H3,(H,16,18). The van der Waals surface area contributed by atoms with E-state index in [4.69, 9.17) is 9.84 Å². The number of halogens is 3. The maximum absolute atomic E-state index is 12.4. The number of aliphatic hydroxyl groups excluding tert-OH is 1. The average Bonchev–Trinajstić information content (AvgIpc) is 2.19. The summed E-state index contributed by atoms with van der Waals surface area (Å²) in [5.41, 5.74) is 3.41. The second kappa shape index (κ2) is 6.95. The lowest BCUT2D eigenvalue weighted by atomic mass is 10.1. The minimum atomic E-state index is -4.75. The molecule has 0 heterocycles. The molecule has 0 aliphatic rings. The minimum Gasteiger partial charge on any atom is -0.443 e. The van der Waals surface area contributed by atoms with Crippen LogP contribution in [0.2, 0.25) is 0 Å². The van der Waals surface area contributed by atoms with E-state index in [1.165, 1.54) is 0 Å². The molecule has 114 valence electrons. The van der Waals surface area contributed by atoms with Crippen molar-refractivity contribution < 1.29 is 27.8 Å². The van der Waals surface area contributed by atoms with E-state index in [-0.39, 0.29) is 6.42 Å². The summed E-state index contributed by atoms with van der Waals surface area (Å²) in [7, 11) is 0. The lowest BCUT2D eigenvalue weighted by Gasteiger charge is -2.26. The van der Waals surface area contributed by atoms with E-state index in [1.54, 1.807) is 27.7 Å². The van der Waals surface area contributed by atoms with Gasteiger partial charge in [-0.25, -0.2) is 10.2 Å². The van der Waals surface area contributed by atoms with Gasteiger partial charge in [0.05, 0.1) is 6.04 Å². The number of hydrazine groups is 1. The first kappa shape index (κ1) is 18.0. The van der Waals surface area contributed by atoms with Crippen molar-refractivity contribution in [3.05, 3.63) is 0 Å². The largest absolute Gasteiger partial charge is 0.443 e. The van der Waals surface area contributed by atoms with Crippen molar-refractivity contribution in [3.8, 4) is 0 Å². The van der Waals surface area contributed by atoms with E-state index >= 15 is 0 Å². The molecular formula is C11H21F3N2O3. The lowest BCUT2D eigenvalue weighted by molar-refractivity contribution is -0.213. The van der Waals surface area contributed by atoms with Crippen LogP contribution < -0.4 is 10.9 Å². The molecule has 0 bridgehead atoms. The topological polar surface area (TPSA) is 70.6 Å². The summed E-state index contributed by atoms with van der Waals surface area (Å²) in [6, 6.07) is -1.32. The first-order valence-corrected chi connectivity index (χ1v) is 5.96. The number of rotatable bonds is 5. The third-order valence-electron chi connectivity index (χ3n) is 2.07. The van der Waals surface area contributed by atoms with Crippen LogP contribution in [-0.2, 0) is 4.74 Å². The number of hydrogen-bond donors (Lipinski definition) is 3. The highest BCUT2D eigenvalue weighted by Crippen LogP contribution is 2.23. The Morgan fingerprint density at radius 1 is 1.32 bits per heavy atom. The molecule has 0 saturated carbocycles. The maximum Gasteiger partial charge on any atom is 0.422 e. The van der Waals surface area contributed by atoms with Crippen molar-refractivity contribution in [2.45, 2.75) is 64.5 Å². The minimum absolute atomic E-state index is 0.0521. The maximum atomic E-state index is 12.4. The molecule has 0 aliphatic carbocycles. The van der Waals surface area contributed by atoms with Crippen LogP contribution in [0.5, 0.6) is 0 Å². The quantitative estimate of drug-likeness (QED) is 0.677. The Bertz CT molecular complexity index is 290. The average molecular weight is 286 g/mol. The number of carbonyl (C=O) groups excluding carboxylic acids is 1. The summed E-state index contributed by atoms with van der Waals surface area (Å²) in [4.78, 5) is 11.3. The fourth-order valence-corrected chi connectivity index (χ4v) is 1.30. The van der Waals surface area contributed by atoms with Crippen LogP contribution in [-0.4, -0.2) is 35.1 Å². The summed E-state index contributed by atoms with van der Waals surface area (Å²) in [5, 5.41) is 9.14. The fraction of sp³-hybridized carbons (Fsp3) is 0.909. The zero-order valence-electron chi connectivity index (χ0n) is 11.5. The molecule has 0 spiro atoms. The highest BCUT2D eigenvalue weighted by molar-refractivity contribution is 5.67. The molecule has 0 radical (unpaired) electrons. The summed E-state index contributed by atoms with van der Waals surface area (Å²) >= 11 is 0. The Labute approximate surface area is 110 Å². The Morgan fingerprint density at radius 2 is 1.84 bits per heavy atom. The molecule has 19 heavy (non-hydrogen) atoms. The van der Waals surface area contributed by atoms with Crippen molar-refractivity contribution in [1.82, 2.24) is 10.9 Å². The number of carbonyl (C=O) groups is 1. The van der Waals surface area contributed by atoms with E-state index in [9.17, 15) is 18.0 Å². The van der Waals surface area contributed by atoms with Gasteiger partial charge in [0.25, 0.3) is 0 Å². The third-order valence-corrected chi connectivity index (χ3v) is 2.07. The Morgan fingerprint density at radius 3 is 2.21 bits per heavy atom. The molecule has 0 saturated heterocycles. The van der Waals surface area contributed by atoms with E-state index in [0.29, 0.717) is 6.42 Å². The molecular weight excluding hydrogens is 265 g/mol. The fourth-order valence-electron chi connectivity index (χ4n) is 1.30. The number of alkyl halides is 3. The normalized spacial score (nSPS) is 15.8. The van der Waals surface area contributed by atoms with Gasteiger partial charge in [0.15, 0.2) is 6.10 Å². The monoisotopic (exact) mass is 286 g/mol. The van der Waals surface area contributed by atoms with E-state index in [0.717, 1.165) is 0 Å². The molecule has 1 amide bonds. The van der Waals surface area contributed by atoms with Crippen LogP contribution in [0.3, 0.4) is 0 Å². The summed E-state index contributed by atoms with van der Waals surface area (Å²) in [6.45, 7) is 6.55. The van der Waals surface area contributed by atoms with E-state index in [1.807, 2.05) is 5.43 Å². The number of ether oxygens (including phenoxy) is 1. The number of nitrogens with one attached hydrogen (secondary N) is 2. The number of amides is 1. The van der Waals surface area contributed by atoms with Gasteiger partial charge >= 0.3 is 12.3 Å². The van der Waals surface area contributed by atoms with Crippen LogP contribution in [0, 0.1) is 0 Å². The summed E-state index contributed by atoms with van der Waals surface area (Å²) in [6.07, 6.45) is -7.73. The zero-order chi connectivity index (χ0) is 15.3. The van der Waals surface area contributed by atoms with Gasteiger partial charge < -0.3 is 9.84 Å². The lowest BCUT2D eigenvalue weighted by Crippen LogP contribution is -2.54. The Balaban J connectivity index is 4.41. The van der Waals surface area contributed by atoms with Gasteiger partial charge in [-0.1, -0.05) is 13.3 Å². The third kappa shape index (κ3) is 7.89. The smallest absolute Gasteiger partial charge is 0.422 e. The van der Waals surface area contributed by atoms with E-state index < -0.39 is 30.0 Å². The SMILES string of the molecule is CCCC(NNC(=O)OC(C)(C)C)C(O)C(F)(F)F. The summed E-state index contributed by atoms with van der Waals surface area (Å²) < 4.78 is 42.0. The van der Waals surface area contributed by atoms with Crippen molar-refractivity contribution >= 4 is 6.09 Å². The van der Waals surface area contributed by atoms with Gasteiger partial charge in [-0.2, -0.15) is 13.2 Å². The second-order valence-corrected chi connectivity index (χ2v) is 5.15. The van der Waals surface area contributed by atoms with Crippen LogP contribution >= 0.6 is 0 Å². The van der Waals surface area contributed by atoms with Crippen molar-refractivity contribution in [1.29, 1.82) is 0 Å². The van der Waals surface area contributed by atoms with Gasteiger partial charge in [0, 0.05) is 0 Å². The molecule has 0 aromatic heterocycles. The molecule has 0 aromatic carbocycles. The Hall–Kier alpha value is -1.02. The summed E-state index contributed by atoms with van der Waals surface area (Å²) in [5.74, 6) is 0. The highest BCUT2D eigenvalue weighted by Gasteiger charge is 2.43. The highest BCUT2D eigenvalue weighted by atomic mass is 19.4. The number of hydrogen-bond acceptors (Lipinski definition) is 4. The number of aliphatic hydroxyl groups is 1. The molecule has 2 atom stereocenters. The van der Waals surface area contributed by atoms with Crippen molar-refractivity contribution in [2.24, 2.45) is 0 Å². The zero-order valence-corrected chi connectivity index (χ0v) is 11.5. The molecule has 8 heteroatoms. The van der Waals surface area contributed by atoms with Crippen LogP contribution in [0.1, 0.15) is 40.5 Å². The Kier molecular flexibility index (Phi) is 6.58. The van der Waals surface area contributed by atoms with Crippen molar-refractivity contribution in [3.63, 3.8) is 0 Å². The van der Waals surface area contributed by atoms with Gasteiger partial charge in [-0.05, 0) is 27.2 Å². The van der Waals surface area contributed by atoms with Crippen LogP contribution in [0.4, 0.5) is 18.0 Å². The van der Waals surface area contributed by atoms with Gasteiger partial charge in [0.1, 0.15) is 5.60 Å². The van der Waals surface area contributed by atoms with Gasteiger partial charge in [-0.15, -0.1) is 0 Å². The first-order valence-electron chi connectivity index (χ1n) is 5.96. The molecule has 0 aliphatic heterocycles. The van der Waals surface area contributed by atoms with E-state index in [2.05, 4.69) is 5.43 Å². The van der Waals surface area contributed by atoms with Crippen LogP contribution in [0.15, 0.2) is 0 Å². The molecule has 0 rings (SSSR count). The second-order valence-electron chi connectivity index (χ2n) is 5.15. The predicted octanol–water partition coefficient (Wildman–Crippen LogP) is 2.11. The van der Waals surface area contributed by atoms with Crippen molar-refractivity contribution in [2.75, 3.05) is 0 Å². The molecule has 2 unspecified atom stereocenters. The first-order chi connectivity index (χ1) is 8.47. The van der Waals surface area contributed by atoms with Crippen LogP contribution in [0.25, 0.3) is 0 Å². The molecule has 0 aromatic rings. The van der Waals surface area contributed by atoms with Gasteiger partial charge in [0.2, 0.25) is 0 Å². The molecule has 0 fully saturated rings.